The Morgan fingerprint density at radius 2 is 1.66 bits per heavy atom. The van der Waals surface area contributed by atoms with Gasteiger partial charge in [0.15, 0.2) is 0 Å². The first-order chi connectivity index (χ1) is 13.5. The van der Waals surface area contributed by atoms with E-state index in [0.29, 0.717) is 11.3 Å². The molecule has 0 bridgehead atoms. The van der Waals surface area contributed by atoms with E-state index in [9.17, 15) is 14.4 Å². The molecule has 0 aliphatic carbocycles. The van der Waals surface area contributed by atoms with Gasteiger partial charge in [0, 0.05) is 11.3 Å². The Balaban J connectivity index is 2.03. The number of ether oxygens (including phenoxy) is 1. The van der Waals surface area contributed by atoms with E-state index in [2.05, 4.69) is 36.1 Å². The highest BCUT2D eigenvalue weighted by molar-refractivity contribution is 6.33. The molecule has 0 aliphatic rings. The van der Waals surface area contributed by atoms with Gasteiger partial charge in [-0.15, -0.1) is 0 Å². The van der Waals surface area contributed by atoms with E-state index in [-0.39, 0.29) is 21.9 Å². The summed E-state index contributed by atoms with van der Waals surface area (Å²) in [4.78, 5) is 36.6. The van der Waals surface area contributed by atoms with E-state index in [1.165, 1.54) is 19.2 Å². The lowest BCUT2D eigenvalue weighted by molar-refractivity contribution is -0.117. The van der Waals surface area contributed by atoms with Gasteiger partial charge in [-0.05, 0) is 48.2 Å². The van der Waals surface area contributed by atoms with Crippen molar-refractivity contribution >= 4 is 35.1 Å². The second-order valence-corrected chi connectivity index (χ2v) is 8.11. The van der Waals surface area contributed by atoms with E-state index in [1.807, 2.05) is 12.1 Å². The van der Waals surface area contributed by atoms with E-state index in [0.717, 1.165) is 5.56 Å². The number of halogens is 1. The Hall–Kier alpha value is -2.86. The lowest BCUT2D eigenvalue weighted by Gasteiger charge is -2.19. The molecule has 154 valence electrons. The number of carbonyl (C=O) groups excluding carboxylic acids is 3. The zero-order chi connectivity index (χ0) is 21.8. The first kappa shape index (κ1) is 22.4. The molecule has 7 heteroatoms. The van der Waals surface area contributed by atoms with Gasteiger partial charge in [-0.1, -0.05) is 44.5 Å². The standard InChI is InChI=1S/C22H25ClN2O4/c1-13(24-20(27)14-6-8-15(9-7-14)22(2,3)4)19(26)25-16-10-11-18(23)17(12-16)21(28)29-5/h6-13H,1-5H3,(H,24,27)(H,25,26). The van der Waals surface area contributed by atoms with Crippen molar-refractivity contribution in [3.8, 4) is 0 Å². The highest BCUT2D eigenvalue weighted by atomic mass is 35.5. The van der Waals surface area contributed by atoms with Crippen LogP contribution in [0, 0.1) is 0 Å². The Labute approximate surface area is 175 Å². The Morgan fingerprint density at radius 1 is 1.03 bits per heavy atom. The maximum Gasteiger partial charge on any atom is 0.339 e. The number of anilines is 1. The summed E-state index contributed by atoms with van der Waals surface area (Å²) in [6.45, 7) is 7.86. The van der Waals surface area contributed by atoms with Crippen LogP contribution < -0.4 is 10.6 Å². The number of benzene rings is 2. The molecule has 0 heterocycles. The summed E-state index contributed by atoms with van der Waals surface area (Å²) in [7, 11) is 1.25. The van der Waals surface area contributed by atoms with Crippen molar-refractivity contribution in [1.29, 1.82) is 0 Å². The summed E-state index contributed by atoms with van der Waals surface area (Å²) in [6, 6.07) is 11.0. The summed E-state index contributed by atoms with van der Waals surface area (Å²) >= 11 is 5.97. The third kappa shape index (κ3) is 5.81. The Bertz CT molecular complexity index is 917. The van der Waals surface area contributed by atoms with Gasteiger partial charge in [0.2, 0.25) is 5.91 Å². The van der Waals surface area contributed by atoms with Crippen LogP contribution in [0.4, 0.5) is 5.69 Å². The molecule has 2 amide bonds. The molecule has 2 aromatic carbocycles. The number of hydrogen-bond donors (Lipinski definition) is 2. The van der Waals surface area contributed by atoms with Crippen LogP contribution in [-0.4, -0.2) is 30.9 Å². The topological polar surface area (TPSA) is 84.5 Å². The van der Waals surface area contributed by atoms with Gasteiger partial charge >= 0.3 is 5.97 Å². The van der Waals surface area contributed by atoms with E-state index >= 15 is 0 Å². The van der Waals surface area contributed by atoms with E-state index < -0.39 is 17.9 Å². The third-order valence-electron chi connectivity index (χ3n) is 4.39. The van der Waals surface area contributed by atoms with Crippen LogP contribution in [0.3, 0.4) is 0 Å². The summed E-state index contributed by atoms with van der Waals surface area (Å²) in [6.07, 6.45) is 0. The molecule has 2 aromatic rings. The molecule has 0 spiro atoms. The van der Waals surface area contributed by atoms with Crippen molar-refractivity contribution in [3.05, 3.63) is 64.2 Å². The molecule has 2 rings (SSSR count). The number of rotatable bonds is 5. The average molecular weight is 417 g/mol. The molecule has 2 N–H and O–H groups in total. The fraction of sp³-hybridized carbons (Fsp3) is 0.318. The lowest BCUT2D eigenvalue weighted by atomic mass is 9.86. The maximum absolute atomic E-state index is 12.4. The second kappa shape index (κ2) is 9.09. The molecule has 0 saturated heterocycles. The minimum absolute atomic E-state index is 0.0101. The maximum atomic E-state index is 12.4. The summed E-state index contributed by atoms with van der Waals surface area (Å²) in [5, 5.41) is 5.54. The highest BCUT2D eigenvalue weighted by Crippen LogP contribution is 2.23. The molecule has 1 atom stereocenters. The third-order valence-corrected chi connectivity index (χ3v) is 4.72. The molecule has 1 unspecified atom stereocenters. The molecule has 0 fully saturated rings. The molecule has 0 radical (unpaired) electrons. The minimum atomic E-state index is -0.790. The monoisotopic (exact) mass is 416 g/mol. The van der Waals surface area contributed by atoms with E-state index in [1.54, 1.807) is 25.1 Å². The fourth-order valence-corrected chi connectivity index (χ4v) is 2.78. The smallest absolute Gasteiger partial charge is 0.339 e. The SMILES string of the molecule is COC(=O)c1cc(NC(=O)C(C)NC(=O)c2ccc(C(C)(C)C)cc2)ccc1Cl. The molecule has 0 aromatic heterocycles. The zero-order valence-corrected chi connectivity index (χ0v) is 17.9. The van der Waals surface area contributed by atoms with Gasteiger partial charge in [0.05, 0.1) is 17.7 Å². The first-order valence-corrected chi connectivity index (χ1v) is 9.51. The van der Waals surface area contributed by atoms with Crippen LogP contribution in [0.5, 0.6) is 0 Å². The second-order valence-electron chi connectivity index (χ2n) is 7.70. The van der Waals surface area contributed by atoms with Gasteiger partial charge in [0.25, 0.3) is 5.91 Å². The van der Waals surface area contributed by atoms with Crippen molar-refractivity contribution < 1.29 is 19.1 Å². The summed E-state index contributed by atoms with van der Waals surface area (Å²) in [5.74, 6) is -1.38. The molecule has 29 heavy (non-hydrogen) atoms. The van der Waals surface area contributed by atoms with Crippen molar-refractivity contribution in [1.82, 2.24) is 5.32 Å². The van der Waals surface area contributed by atoms with Crippen LogP contribution >= 0.6 is 11.6 Å². The molecular formula is C22H25ClN2O4. The predicted octanol–water partition coefficient (Wildman–Crippen LogP) is 4.18. The average Bonchev–Trinajstić information content (AvgIpc) is 2.68. The van der Waals surface area contributed by atoms with Crippen LogP contribution in [0.1, 0.15) is 54.0 Å². The first-order valence-electron chi connectivity index (χ1n) is 9.13. The Morgan fingerprint density at radius 3 is 2.21 bits per heavy atom. The molecule has 6 nitrogen and oxygen atoms in total. The number of amides is 2. The molecular weight excluding hydrogens is 392 g/mol. The van der Waals surface area contributed by atoms with Gasteiger partial charge in [0.1, 0.15) is 6.04 Å². The van der Waals surface area contributed by atoms with Gasteiger partial charge in [-0.2, -0.15) is 0 Å². The van der Waals surface area contributed by atoms with Crippen molar-refractivity contribution in [3.63, 3.8) is 0 Å². The fourth-order valence-electron chi connectivity index (χ4n) is 2.59. The van der Waals surface area contributed by atoms with Crippen molar-refractivity contribution in [2.45, 2.75) is 39.2 Å². The minimum Gasteiger partial charge on any atom is -0.465 e. The summed E-state index contributed by atoms with van der Waals surface area (Å²) < 4.78 is 4.66. The van der Waals surface area contributed by atoms with Gasteiger partial charge in [-0.25, -0.2) is 4.79 Å². The van der Waals surface area contributed by atoms with Crippen molar-refractivity contribution in [2.75, 3.05) is 12.4 Å². The number of methoxy groups -OCH3 is 1. The van der Waals surface area contributed by atoms with Gasteiger partial charge in [-0.3, -0.25) is 9.59 Å². The van der Waals surface area contributed by atoms with Crippen LogP contribution in [0.15, 0.2) is 42.5 Å². The molecule has 0 aliphatic heterocycles. The highest BCUT2D eigenvalue weighted by Gasteiger charge is 2.19. The lowest BCUT2D eigenvalue weighted by Crippen LogP contribution is -2.41. The van der Waals surface area contributed by atoms with Crippen LogP contribution in [-0.2, 0) is 14.9 Å². The number of esters is 1. The van der Waals surface area contributed by atoms with Crippen molar-refractivity contribution in [2.24, 2.45) is 0 Å². The molecule has 0 saturated carbocycles. The van der Waals surface area contributed by atoms with E-state index in [4.69, 9.17) is 11.6 Å². The number of nitrogens with one attached hydrogen (secondary N) is 2. The zero-order valence-electron chi connectivity index (χ0n) is 17.1. The van der Waals surface area contributed by atoms with Crippen LogP contribution in [0.25, 0.3) is 0 Å². The quantitative estimate of drug-likeness (QED) is 0.716. The number of hydrogen-bond acceptors (Lipinski definition) is 4. The largest absolute Gasteiger partial charge is 0.465 e. The van der Waals surface area contributed by atoms with Gasteiger partial charge < -0.3 is 15.4 Å². The van der Waals surface area contributed by atoms with Crippen LogP contribution in [0.2, 0.25) is 5.02 Å². The Kier molecular flexibility index (Phi) is 7.03. The predicted molar refractivity (Wildman–Crippen MR) is 113 cm³/mol. The number of carbonyl (C=O) groups is 3. The normalized spacial score (nSPS) is 12.1. The summed E-state index contributed by atoms with van der Waals surface area (Å²) in [5.41, 5.74) is 2.09.